The van der Waals surface area contributed by atoms with Gasteiger partial charge in [0.05, 0.1) is 0 Å². The summed E-state index contributed by atoms with van der Waals surface area (Å²) in [5.74, 6) is 1.90. The van der Waals surface area contributed by atoms with Crippen LogP contribution in [-0.2, 0) is 0 Å². The van der Waals surface area contributed by atoms with Gasteiger partial charge in [0, 0.05) is 25.7 Å². The van der Waals surface area contributed by atoms with Gasteiger partial charge in [-0.25, -0.2) is 0 Å². The summed E-state index contributed by atoms with van der Waals surface area (Å²) in [7, 11) is 2.26. The first-order valence-corrected chi connectivity index (χ1v) is 6.51. The van der Waals surface area contributed by atoms with E-state index in [1.165, 1.54) is 32.4 Å². The van der Waals surface area contributed by atoms with E-state index in [1.54, 1.807) is 0 Å². The maximum Gasteiger partial charge on any atom is 0.0104 e. The second kappa shape index (κ2) is 6.49. The molecule has 2 heteroatoms. The van der Waals surface area contributed by atoms with Gasteiger partial charge in [-0.2, -0.15) is 0 Å². The SMILES string of the molecule is CC(C)NCCN(C)CC1CCCC1C. The average Bonchev–Trinajstić information content (AvgIpc) is 2.51. The quantitative estimate of drug-likeness (QED) is 0.727. The van der Waals surface area contributed by atoms with Gasteiger partial charge in [0.2, 0.25) is 0 Å². The molecule has 0 spiro atoms. The van der Waals surface area contributed by atoms with Crippen molar-refractivity contribution in [3.05, 3.63) is 0 Å². The second-order valence-electron chi connectivity index (χ2n) is 5.54. The molecule has 1 N–H and O–H groups in total. The first-order chi connectivity index (χ1) is 7.09. The minimum Gasteiger partial charge on any atom is -0.313 e. The summed E-state index contributed by atoms with van der Waals surface area (Å²) in [6.07, 6.45) is 4.34. The molecular formula is C13H28N2. The van der Waals surface area contributed by atoms with Crippen molar-refractivity contribution in [2.24, 2.45) is 11.8 Å². The van der Waals surface area contributed by atoms with Gasteiger partial charge in [-0.15, -0.1) is 0 Å². The molecular weight excluding hydrogens is 184 g/mol. The second-order valence-corrected chi connectivity index (χ2v) is 5.54. The summed E-state index contributed by atoms with van der Waals surface area (Å²) in [6.45, 7) is 10.4. The van der Waals surface area contributed by atoms with Crippen molar-refractivity contribution < 1.29 is 0 Å². The summed E-state index contributed by atoms with van der Waals surface area (Å²) < 4.78 is 0. The molecule has 90 valence electrons. The first-order valence-electron chi connectivity index (χ1n) is 6.51. The van der Waals surface area contributed by atoms with Crippen LogP contribution in [0.15, 0.2) is 0 Å². The monoisotopic (exact) mass is 212 g/mol. The van der Waals surface area contributed by atoms with E-state index in [0.717, 1.165) is 18.4 Å². The fourth-order valence-electron chi connectivity index (χ4n) is 2.53. The maximum atomic E-state index is 3.47. The van der Waals surface area contributed by atoms with Gasteiger partial charge in [0.1, 0.15) is 0 Å². The third-order valence-electron chi connectivity index (χ3n) is 3.63. The summed E-state index contributed by atoms with van der Waals surface area (Å²) in [5, 5.41) is 3.47. The first kappa shape index (κ1) is 13.0. The standard InChI is InChI=1S/C13H28N2/c1-11(2)14-8-9-15(4)10-13-7-5-6-12(13)3/h11-14H,5-10H2,1-4H3. The van der Waals surface area contributed by atoms with Gasteiger partial charge in [0.25, 0.3) is 0 Å². The molecule has 0 aromatic rings. The molecule has 1 saturated carbocycles. The smallest absolute Gasteiger partial charge is 0.0104 e. The van der Waals surface area contributed by atoms with E-state index in [4.69, 9.17) is 0 Å². The van der Waals surface area contributed by atoms with Crippen LogP contribution >= 0.6 is 0 Å². The third kappa shape index (κ3) is 4.98. The molecule has 1 aliphatic rings. The largest absolute Gasteiger partial charge is 0.313 e. The Bertz CT molecular complexity index is 168. The molecule has 0 heterocycles. The Kier molecular flexibility index (Phi) is 5.62. The van der Waals surface area contributed by atoms with E-state index >= 15 is 0 Å². The molecule has 1 aliphatic carbocycles. The highest BCUT2D eigenvalue weighted by Crippen LogP contribution is 2.31. The molecule has 0 radical (unpaired) electrons. The molecule has 2 unspecified atom stereocenters. The van der Waals surface area contributed by atoms with Crippen LogP contribution in [0.1, 0.15) is 40.0 Å². The molecule has 15 heavy (non-hydrogen) atoms. The van der Waals surface area contributed by atoms with E-state index in [1.807, 2.05) is 0 Å². The van der Waals surface area contributed by atoms with Gasteiger partial charge < -0.3 is 10.2 Å². The lowest BCUT2D eigenvalue weighted by atomic mass is 9.98. The molecule has 0 aromatic carbocycles. The summed E-state index contributed by atoms with van der Waals surface area (Å²) in [6, 6.07) is 0.615. The van der Waals surface area contributed by atoms with Crippen molar-refractivity contribution in [1.82, 2.24) is 10.2 Å². The summed E-state index contributed by atoms with van der Waals surface area (Å²) in [4.78, 5) is 2.49. The Hall–Kier alpha value is -0.0800. The van der Waals surface area contributed by atoms with Gasteiger partial charge in [0.15, 0.2) is 0 Å². The normalized spacial score (nSPS) is 26.8. The third-order valence-corrected chi connectivity index (χ3v) is 3.63. The van der Waals surface area contributed by atoms with Crippen LogP contribution in [0.3, 0.4) is 0 Å². The Morgan fingerprint density at radius 2 is 2.07 bits per heavy atom. The maximum absolute atomic E-state index is 3.47. The molecule has 1 fully saturated rings. The highest BCUT2D eigenvalue weighted by molar-refractivity contribution is 4.76. The minimum absolute atomic E-state index is 0.615. The fourth-order valence-corrected chi connectivity index (χ4v) is 2.53. The molecule has 0 amide bonds. The van der Waals surface area contributed by atoms with Crippen LogP contribution in [0, 0.1) is 11.8 Å². The van der Waals surface area contributed by atoms with Crippen molar-refractivity contribution in [2.45, 2.75) is 46.1 Å². The van der Waals surface area contributed by atoms with Gasteiger partial charge >= 0.3 is 0 Å². The molecule has 1 rings (SSSR count). The highest BCUT2D eigenvalue weighted by atomic mass is 15.1. The zero-order valence-electron chi connectivity index (χ0n) is 10.9. The molecule has 2 nitrogen and oxygen atoms in total. The van der Waals surface area contributed by atoms with E-state index in [2.05, 4.69) is 38.0 Å². The molecule has 0 aliphatic heterocycles. The highest BCUT2D eigenvalue weighted by Gasteiger charge is 2.23. The zero-order chi connectivity index (χ0) is 11.3. The average molecular weight is 212 g/mol. The van der Waals surface area contributed by atoms with Crippen LogP contribution in [0.25, 0.3) is 0 Å². The predicted octanol–water partition coefficient (Wildman–Crippen LogP) is 2.35. The van der Waals surface area contributed by atoms with Crippen LogP contribution in [0.5, 0.6) is 0 Å². The van der Waals surface area contributed by atoms with Gasteiger partial charge in [-0.3, -0.25) is 0 Å². The number of hydrogen-bond acceptors (Lipinski definition) is 2. The number of nitrogens with one attached hydrogen (secondary N) is 1. The number of nitrogens with zero attached hydrogens (tertiary/aromatic N) is 1. The topological polar surface area (TPSA) is 15.3 Å². The summed E-state index contributed by atoms with van der Waals surface area (Å²) >= 11 is 0. The Labute approximate surface area is 95.4 Å². The minimum atomic E-state index is 0.615. The Morgan fingerprint density at radius 3 is 2.60 bits per heavy atom. The Morgan fingerprint density at radius 1 is 1.33 bits per heavy atom. The van der Waals surface area contributed by atoms with Crippen molar-refractivity contribution >= 4 is 0 Å². The molecule has 0 saturated heterocycles. The number of likely N-dealkylation sites (N-methyl/N-ethyl adjacent to an activating group) is 1. The van der Waals surface area contributed by atoms with Crippen LogP contribution in [0.4, 0.5) is 0 Å². The van der Waals surface area contributed by atoms with Crippen LogP contribution in [-0.4, -0.2) is 37.6 Å². The van der Waals surface area contributed by atoms with E-state index in [0.29, 0.717) is 6.04 Å². The van der Waals surface area contributed by atoms with Crippen molar-refractivity contribution in [1.29, 1.82) is 0 Å². The van der Waals surface area contributed by atoms with E-state index in [9.17, 15) is 0 Å². The zero-order valence-corrected chi connectivity index (χ0v) is 10.9. The van der Waals surface area contributed by atoms with Crippen molar-refractivity contribution in [3.8, 4) is 0 Å². The van der Waals surface area contributed by atoms with Crippen molar-refractivity contribution in [3.63, 3.8) is 0 Å². The molecule has 2 atom stereocenters. The van der Waals surface area contributed by atoms with Gasteiger partial charge in [-0.05, 0) is 25.3 Å². The van der Waals surface area contributed by atoms with Crippen molar-refractivity contribution in [2.75, 3.05) is 26.7 Å². The van der Waals surface area contributed by atoms with E-state index in [-0.39, 0.29) is 0 Å². The number of rotatable bonds is 6. The molecule has 0 aromatic heterocycles. The van der Waals surface area contributed by atoms with Crippen LogP contribution < -0.4 is 5.32 Å². The van der Waals surface area contributed by atoms with Crippen LogP contribution in [0.2, 0.25) is 0 Å². The summed E-state index contributed by atoms with van der Waals surface area (Å²) in [5.41, 5.74) is 0. The fraction of sp³-hybridized carbons (Fsp3) is 1.00. The predicted molar refractivity (Wildman–Crippen MR) is 67.1 cm³/mol. The number of hydrogen-bond donors (Lipinski definition) is 1. The lowest BCUT2D eigenvalue weighted by Crippen LogP contribution is -2.35. The lowest BCUT2D eigenvalue weighted by Gasteiger charge is -2.24. The van der Waals surface area contributed by atoms with E-state index < -0.39 is 0 Å². The van der Waals surface area contributed by atoms with Gasteiger partial charge in [-0.1, -0.05) is 33.6 Å². The molecule has 0 bridgehead atoms. The Balaban J connectivity index is 2.09. The lowest BCUT2D eigenvalue weighted by molar-refractivity contribution is 0.246.